The molecule has 0 atom stereocenters. The molecule has 0 aliphatic heterocycles. The zero-order chi connectivity index (χ0) is 26.7. The molecular formula is C31H52O4Si2. The molecule has 0 saturated heterocycles. The second-order valence-electron chi connectivity index (χ2n) is 9.90. The lowest BCUT2D eigenvalue weighted by Crippen LogP contribution is -2.56. The van der Waals surface area contributed by atoms with Crippen molar-refractivity contribution in [3.8, 4) is 0 Å². The van der Waals surface area contributed by atoms with Crippen molar-refractivity contribution in [1.82, 2.24) is 0 Å². The Kier molecular flexibility index (Phi) is 16.3. The normalized spacial score (nSPS) is 12.2. The third-order valence-corrected chi connectivity index (χ3v) is 13.9. The first-order valence-corrected chi connectivity index (χ1v) is 18.9. The molecule has 2 aromatic carbocycles. The van der Waals surface area contributed by atoms with Gasteiger partial charge in [0.1, 0.15) is 0 Å². The lowest BCUT2D eigenvalue weighted by molar-refractivity contribution is 0.169. The molecule has 0 aliphatic rings. The van der Waals surface area contributed by atoms with Gasteiger partial charge in [0.15, 0.2) is 0 Å². The zero-order valence-corrected chi connectivity index (χ0v) is 26.0. The molecule has 0 N–H and O–H groups in total. The molecule has 0 spiro atoms. The summed E-state index contributed by atoms with van der Waals surface area (Å²) in [6.45, 7) is 11.9. The maximum absolute atomic E-state index is 6.77. The topological polar surface area (TPSA) is 36.9 Å². The Labute approximate surface area is 229 Å². The van der Waals surface area contributed by atoms with Gasteiger partial charge < -0.3 is 17.7 Å². The molecule has 208 valence electrons. The maximum Gasteiger partial charge on any atom is 0.372 e. The van der Waals surface area contributed by atoms with Crippen LogP contribution >= 0.6 is 0 Å². The van der Waals surface area contributed by atoms with Crippen LogP contribution in [0.2, 0.25) is 12.1 Å². The Morgan fingerprint density at radius 1 is 0.432 bits per heavy atom. The lowest BCUT2D eigenvalue weighted by Gasteiger charge is -2.34. The Morgan fingerprint density at radius 3 is 1.00 bits per heavy atom. The molecule has 4 nitrogen and oxygen atoms in total. The van der Waals surface area contributed by atoms with Gasteiger partial charge in [-0.05, 0) is 54.6 Å². The zero-order valence-electron chi connectivity index (χ0n) is 24.0. The van der Waals surface area contributed by atoms with Crippen molar-refractivity contribution in [3.05, 3.63) is 60.7 Å². The van der Waals surface area contributed by atoms with Crippen molar-refractivity contribution in [3.63, 3.8) is 0 Å². The van der Waals surface area contributed by atoms with Crippen LogP contribution in [0.25, 0.3) is 0 Å². The Morgan fingerprint density at radius 2 is 0.730 bits per heavy atom. The molecule has 0 heterocycles. The summed E-state index contributed by atoms with van der Waals surface area (Å²) in [6, 6.07) is 23.3. The highest BCUT2D eigenvalue weighted by atomic mass is 28.4. The molecule has 0 radical (unpaired) electrons. The van der Waals surface area contributed by atoms with Gasteiger partial charge in [-0.3, -0.25) is 0 Å². The monoisotopic (exact) mass is 544 g/mol. The van der Waals surface area contributed by atoms with E-state index in [1.54, 1.807) is 0 Å². The predicted molar refractivity (Wildman–Crippen MR) is 161 cm³/mol. The third kappa shape index (κ3) is 10.8. The quantitative estimate of drug-likeness (QED) is 0.115. The summed E-state index contributed by atoms with van der Waals surface area (Å²) in [6.07, 6.45) is 9.68. The second kappa shape index (κ2) is 18.9. The molecule has 0 aromatic heterocycles. The van der Waals surface area contributed by atoms with E-state index in [0.29, 0.717) is 0 Å². The molecule has 0 bridgehead atoms. The highest BCUT2D eigenvalue weighted by Gasteiger charge is 2.44. The van der Waals surface area contributed by atoms with Crippen molar-refractivity contribution in [1.29, 1.82) is 0 Å². The van der Waals surface area contributed by atoms with Crippen LogP contribution in [-0.2, 0) is 17.7 Å². The summed E-state index contributed by atoms with van der Waals surface area (Å²) in [7, 11) is -5.22. The van der Waals surface area contributed by atoms with Gasteiger partial charge in [0.2, 0.25) is 0 Å². The summed E-state index contributed by atoms with van der Waals surface area (Å²) in [5, 5.41) is 2.49. The standard InChI is InChI=1S/C31H52O4Si2/c1-5-9-24-32-36(33-25-10-6-2,30-20-15-13-16-21-30)28-19-29-37(34-26-11-7-3,35-27-12-8-4)31-22-17-14-18-23-31/h13-18,20-23H,5-12,19,24-29H2,1-4H3. The molecule has 0 unspecified atom stereocenters. The number of hydrogen-bond donors (Lipinski definition) is 0. The number of rotatable bonds is 22. The van der Waals surface area contributed by atoms with Gasteiger partial charge in [-0.15, -0.1) is 0 Å². The number of benzene rings is 2. The average molecular weight is 545 g/mol. The van der Waals surface area contributed by atoms with E-state index in [1.807, 2.05) is 0 Å². The van der Waals surface area contributed by atoms with Crippen molar-refractivity contribution in [2.45, 2.75) is 97.6 Å². The summed E-state index contributed by atoms with van der Waals surface area (Å²) < 4.78 is 27.1. The largest absolute Gasteiger partial charge is 0.391 e. The van der Waals surface area contributed by atoms with Crippen molar-refractivity contribution in [2.24, 2.45) is 0 Å². The minimum atomic E-state index is -2.61. The van der Waals surface area contributed by atoms with E-state index in [2.05, 4.69) is 88.4 Å². The molecule has 0 saturated carbocycles. The first kappa shape index (κ1) is 31.9. The molecule has 0 aliphatic carbocycles. The van der Waals surface area contributed by atoms with Crippen LogP contribution in [0.5, 0.6) is 0 Å². The average Bonchev–Trinajstić information content (AvgIpc) is 2.94. The molecule has 37 heavy (non-hydrogen) atoms. The number of hydrogen-bond acceptors (Lipinski definition) is 4. The van der Waals surface area contributed by atoms with Gasteiger partial charge in [0, 0.05) is 26.4 Å². The van der Waals surface area contributed by atoms with Crippen LogP contribution < -0.4 is 10.4 Å². The predicted octanol–water partition coefficient (Wildman–Crippen LogP) is 7.34. The third-order valence-electron chi connectivity index (χ3n) is 6.77. The van der Waals surface area contributed by atoms with E-state index >= 15 is 0 Å². The van der Waals surface area contributed by atoms with Gasteiger partial charge in [-0.1, -0.05) is 114 Å². The second-order valence-corrected chi connectivity index (χ2v) is 16.2. The first-order valence-electron chi connectivity index (χ1n) is 14.8. The minimum Gasteiger partial charge on any atom is -0.391 e. The fraction of sp³-hybridized carbons (Fsp3) is 0.613. The molecule has 0 fully saturated rings. The summed E-state index contributed by atoms with van der Waals surface area (Å²) >= 11 is 0. The summed E-state index contributed by atoms with van der Waals surface area (Å²) in [5.74, 6) is 0. The maximum atomic E-state index is 6.77. The van der Waals surface area contributed by atoms with E-state index < -0.39 is 17.1 Å². The molecule has 2 aromatic rings. The summed E-state index contributed by atoms with van der Waals surface area (Å²) in [5.41, 5.74) is 0. The van der Waals surface area contributed by atoms with Crippen molar-refractivity contribution >= 4 is 27.5 Å². The van der Waals surface area contributed by atoms with Crippen molar-refractivity contribution < 1.29 is 17.7 Å². The van der Waals surface area contributed by atoms with Gasteiger partial charge in [0.25, 0.3) is 0 Å². The SMILES string of the molecule is CCCCO[Si](CCC[Si](OCCCC)(OCCCC)c1ccccc1)(OCCCC)c1ccccc1. The van der Waals surface area contributed by atoms with Crippen LogP contribution in [0.1, 0.15) is 85.5 Å². The highest BCUT2D eigenvalue weighted by molar-refractivity contribution is 6.82. The van der Waals surface area contributed by atoms with E-state index in [4.69, 9.17) is 17.7 Å². The van der Waals surface area contributed by atoms with E-state index in [1.165, 1.54) is 10.4 Å². The lowest BCUT2D eigenvalue weighted by atomic mass is 10.4. The Bertz CT molecular complexity index is 716. The first-order chi connectivity index (χ1) is 18.2. The van der Waals surface area contributed by atoms with Gasteiger partial charge in [0.05, 0.1) is 0 Å². The van der Waals surface area contributed by atoms with Crippen LogP contribution in [0.3, 0.4) is 0 Å². The molecule has 6 heteroatoms. The van der Waals surface area contributed by atoms with Crippen LogP contribution in [0, 0.1) is 0 Å². The van der Waals surface area contributed by atoms with E-state index in [9.17, 15) is 0 Å². The smallest absolute Gasteiger partial charge is 0.372 e. The van der Waals surface area contributed by atoms with E-state index in [-0.39, 0.29) is 0 Å². The minimum absolute atomic E-state index is 0.755. The van der Waals surface area contributed by atoms with Crippen LogP contribution in [0.4, 0.5) is 0 Å². The number of unbranched alkanes of at least 4 members (excludes halogenated alkanes) is 4. The highest BCUT2D eigenvalue weighted by Crippen LogP contribution is 2.25. The van der Waals surface area contributed by atoms with Crippen LogP contribution in [0.15, 0.2) is 60.7 Å². The fourth-order valence-corrected chi connectivity index (χ4v) is 11.4. The molecular weight excluding hydrogens is 493 g/mol. The van der Waals surface area contributed by atoms with E-state index in [0.717, 1.165) is 96.3 Å². The Hall–Kier alpha value is -1.29. The molecule has 2 rings (SSSR count). The fourth-order valence-electron chi connectivity index (χ4n) is 4.46. The molecule has 0 amide bonds. The Balaban J connectivity index is 2.33. The van der Waals surface area contributed by atoms with Gasteiger partial charge in [-0.25, -0.2) is 0 Å². The van der Waals surface area contributed by atoms with Crippen LogP contribution in [-0.4, -0.2) is 43.5 Å². The van der Waals surface area contributed by atoms with Gasteiger partial charge >= 0.3 is 17.1 Å². The summed E-state index contributed by atoms with van der Waals surface area (Å²) in [4.78, 5) is 0. The van der Waals surface area contributed by atoms with Gasteiger partial charge in [-0.2, -0.15) is 0 Å². The van der Waals surface area contributed by atoms with Crippen molar-refractivity contribution in [2.75, 3.05) is 26.4 Å².